The van der Waals surface area contributed by atoms with Crippen molar-refractivity contribution in [2.75, 3.05) is 0 Å². The smallest absolute Gasteiger partial charge is 0.191 e. The third kappa shape index (κ3) is 2.63. The maximum atomic E-state index is 13.5. The summed E-state index contributed by atoms with van der Waals surface area (Å²) in [4.78, 5) is 0. The molecule has 0 spiro atoms. The molecule has 2 rings (SSSR count). The van der Waals surface area contributed by atoms with Gasteiger partial charge in [-0.15, -0.1) is 10.2 Å². The van der Waals surface area contributed by atoms with Crippen LogP contribution < -0.4 is 0 Å². The molecule has 0 unspecified atom stereocenters. The number of benzene rings is 1. The van der Waals surface area contributed by atoms with E-state index in [9.17, 15) is 4.39 Å². The Bertz CT molecular complexity index is 573. The minimum absolute atomic E-state index is 0.307. The van der Waals surface area contributed by atoms with Gasteiger partial charge in [-0.05, 0) is 23.8 Å². The van der Waals surface area contributed by atoms with Crippen LogP contribution in [0.5, 0.6) is 0 Å². The summed E-state index contributed by atoms with van der Waals surface area (Å²) in [6, 6.07) is 6.32. The fraction of sp³-hybridized carbons (Fsp3) is 0.182. The van der Waals surface area contributed by atoms with Crippen molar-refractivity contribution in [3.63, 3.8) is 0 Å². The van der Waals surface area contributed by atoms with Gasteiger partial charge in [-0.1, -0.05) is 11.8 Å². The molecule has 0 saturated heterocycles. The molecule has 4 nitrogen and oxygen atoms in total. The van der Waals surface area contributed by atoms with Gasteiger partial charge in [0.2, 0.25) is 0 Å². The molecule has 17 heavy (non-hydrogen) atoms. The van der Waals surface area contributed by atoms with E-state index in [2.05, 4.69) is 10.2 Å². The van der Waals surface area contributed by atoms with Crippen LogP contribution in [0.2, 0.25) is 0 Å². The third-order valence-electron chi connectivity index (χ3n) is 2.20. The average Bonchev–Trinajstić information content (AvgIpc) is 2.74. The highest BCUT2D eigenvalue weighted by molar-refractivity contribution is 7.98. The summed E-state index contributed by atoms with van der Waals surface area (Å²) < 4.78 is 15.2. The maximum Gasteiger partial charge on any atom is 0.191 e. The second-order valence-corrected chi connectivity index (χ2v) is 4.37. The van der Waals surface area contributed by atoms with Crippen molar-refractivity contribution in [2.24, 2.45) is 7.05 Å². The molecule has 0 amide bonds. The van der Waals surface area contributed by atoms with E-state index in [4.69, 9.17) is 5.26 Å². The predicted octanol–water partition coefficient (Wildman–Crippen LogP) is 2.12. The van der Waals surface area contributed by atoms with E-state index in [0.717, 1.165) is 0 Å². The van der Waals surface area contributed by atoms with Gasteiger partial charge < -0.3 is 4.57 Å². The predicted molar refractivity (Wildman–Crippen MR) is 61.7 cm³/mol. The highest BCUT2D eigenvalue weighted by atomic mass is 32.2. The van der Waals surface area contributed by atoms with Crippen molar-refractivity contribution in [2.45, 2.75) is 10.9 Å². The molecule has 0 fully saturated rings. The van der Waals surface area contributed by atoms with E-state index >= 15 is 0 Å². The summed E-state index contributed by atoms with van der Waals surface area (Å²) in [6.07, 6.45) is 1.59. The van der Waals surface area contributed by atoms with Crippen molar-refractivity contribution in [1.29, 1.82) is 5.26 Å². The summed E-state index contributed by atoms with van der Waals surface area (Å²) in [5, 5.41) is 17.1. The molecule has 0 saturated carbocycles. The van der Waals surface area contributed by atoms with Crippen molar-refractivity contribution < 1.29 is 4.39 Å². The molecule has 0 bridgehead atoms. The number of rotatable bonds is 3. The lowest BCUT2D eigenvalue weighted by Gasteiger charge is -2.03. The first-order chi connectivity index (χ1) is 8.20. The Morgan fingerprint density at radius 1 is 1.53 bits per heavy atom. The van der Waals surface area contributed by atoms with Gasteiger partial charge in [-0.25, -0.2) is 4.39 Å². The van der Waals surface area contributed by atoms with Gasteiger partial charge in [-0.2, -0.15) is 5.26 Å². The molecule has 0 atom stereocenters. The topological polar surface area (TPSA) is 54.5 Å². The fourth-order valence-corrected chi connectivity index (χ4v) is 2.16. The highest BCUT2D eigenvalue weighted by Gasteiger charge is 2.07. The zero-order valence-electron chi connectivity index (χ0n) is 9.09. The third-order valence-corrected chi connectivity index (χ3v) is 3.28. The number of hydrogen-bond donors (Lipinski definition) is 0. The minimum atomic E-state index is -0.307. The Morgan fingerprint density at radius 2 is 2.35 bits per heavy atom. The van der Waals surface area contributed by atoms with Gasteiger partial charge in [0, 0.05) is 12.8 Å². The molecule has 0 aliphatic heterocycles. The Balaban J connectivity index is 2.14. The first kappa shape index (κ1) is 11.6. The Labute approximate surface area is 102 Å². The summed E-state index contributed by atoms with van der Waals surface area (Å²) in [7, 11) is 1.82. The monoisotopic (exact) mass is 248 g/mol. The van der Waals surface area contributed by atoms with Gasteiger partial charge in [0.15, 0.2) is 5.16 Å². The molecule has 1 aromatic heterocycles. The normalized spacial score (nSPS) is 10.2. The fourth-order valence-electron chi connectivity index (χ4n) is 1.30. The van der Waals surface area contributed by atoms with Gasteiger partial charge in [0.05, 0.1) is 11.6 Å². The number of nitrogens with zero attached hydrogens (tertiary/aromatic N) is 4. The van der Waals surface area contributed by atoms with Crippen LogP contribution >= 0.6 is 11.8 Å². The van der Waals surface area contributed by atoms with Gasteiger partial charge >= 0.3 is 0 Å². The molecular weight excluding hydrogens is 239 g/mol. The maximum absolute atomic E-state index is 13.5. The lowest BCUT2D eigenvalue weighted by Crippen LogP contribution is -1.93. The molecule has 1 heterocycles. The average molecular weight is 248 g/mol. The minimum Gasteiger partial charge on any atom is -0.312 e. The van der Waals surface area contributed by atoms with E-state index in [1.165, 1.54) is 23.9 Å². The number of hydrogen-bond acceptors (Lipinski definition) is 4. The second kappa shape index (κ2) is 4.97. The first-order valence-corrected chi connectivity index (χ1v) is 5.84. The SMILES string of the molecule is Cn1cnnc1SCc1cc(C#N)ccc1F. The molecule has 2 aromatic rings. The number of thioether (sulfide) groups is 1. The van der Waals surface area contributed by atoms with Crippen molar-refractivity contribution in [3.05, 3.63) is 41.5 Å². The number of halogens is 1. The van der Waals surface area contributed by atoms with E-state index < -0.39 is 0 Å². The molecule has 0 aliphatic rings. The Hall–Kier alpha value is -1.87. The number of aromatic nitrogens is 3. The molecule has 0 radical (unpaired) electrons. The summed E-state index contributed by atoms with van der Waals surface area (Å²) in [6.45, 7) is 0. The van der Waals surface area contributed by atoms with Crippen LogP contribution in [0.3, 0.4) is 0 Å². The highest BCUT2D eigenvalue weighted by Crippen LogP contribution is 2.22. The summed E-state index contributed by atoms with van der Waals surface area (Å²) >= 11 is 1.38. The largest absolute Gasteiger partial charge is 0.312 e. The van der Waals surface area contributed by atoms with Crippen molar-refractivity contribution in [3.8, 4) is 6.07 Å². The van der Waals surface area contributed by atoms with Crippen LogP contribution in [0.25, 0.3) is 0 Å². The molecular formula is C11H9FN4S. The first-order valence-electron chi connectivity index (χ1n) is 4.86. The number of aryl methyl sites for hydroxylation is 1. The van der Waals surface area contributed by atoms with E-state index in [1.54, 1.807) is 17.0 Å². The van der Waals surface area contributed by atoms with Crippen LogP contribution in [-0.2, 0) is 12.8 Å². The van der Waals surface area contributed by atoms with Gasteiger partial charge in [0.1, 0.15) is 12.1 Å². The van der Waals surface area contributed by atoms with Crippen LogP contribution in [0.1, 0.15) is 11.1 Å². The lowest BCUT2D eigenvalue weighted by molar-refractivity contribution is 0.617. The van der Waals surface area contributed by atoms with Crippen LogP contribution in [0.15, 0.2) is 29.7 Å². The molecule has 0 aliphatic carbocycles. The van der Waals surface area contributed by atoms with E-state index in [1.807, 2.05) is 13.1 Å². The summed E-state index contributed by atoms with van der Waals surface area (Å²) in [5.74, 6) is 0.118. The molecule has 0 N–H and O–H groups in total. The lowest BCUT2D eigenvalue weighted by atomic mass is 10.1. The van der Waals surface area contributed by atoms with Gasteiger partial charge in [0.25, 0.3) is 0 Å². The number of nitriles is 1. The molecule has 6 heteroatoms. The Kier molecular flexibility index (Phi) is 3.40. The van der Waals surface area contributed by atoms with Crippen molar-refractivity contribution in [1.82, 2.24) is 14.8 Å². The van der Waals surface area contributed by atoms with E-state index in [0.29, 0.717) is 22.0 Å². The Morgan fingerprint density at radius 3 is 3.00 bits per heavy atom. The van der Waals surface area contributed by atoms with Gasteiger partial charge in [-0.3, -0.25) is 0 Å². The zero-order valence-corrected chi connectivity index (χ0v) is 9.91. The molecule has 86 valence electrons. The van der Waals surface area contributed by atoms with Crippen LogP contribution in [0, 0.1) is 17.1 Å². The van der Waals surface area contributed by atoms with Crippen LogP contribution in [0.4, 0.5) is 4.39 Å². The molecule has 1 aromatic carbocycles. The van der Waals surface area contributed by atoms with E-state index in [-0.39, 0.29) is 5.82 Å². The standard InChI is InChI=1S/C11H9FN4S/c1-16-7-14-15-11(16)17-6-9-4-8(5-13)2-3-10(9)12/h2-4,7H,6H2,1H3. The van der Waals surface area contributed by atoms with Crippen molar-refractivity contribution >= 4 is 11.8 Å². The zero-order chi connectivity index (χ0) is 12.3. The van der Waals surface area contributed by atoms with Crippen LogP contribution in [-0.4, -0.2) is 14.8 Å². The quantitative estimate of drug-likeness (QED) is 0.781. The summed E-state index contributed by atoms with van der Waals surface area (Å²) in [5.41, 5.74) is 0.956. The second-order valence-electron chi connectivity index (χ2n) is 3.43.